The Bertz CT molecular complexity index is 918. The van der Waals surface area contributed by atoms with Crippen molar-refractivity contribution in [2.45, 2.75) is 27.2 Å². The third-order valence-corrected chi connectivity index (χ3v) is 4.13. The second-order valence-corrected chi connectivity index (χ2v) is 6.17. The lowest BCUT2D eigenvalue weighted by Crippen LogP contribution is -2.14. The van der Waals surface area contributed by atoms with Crippen molar-refractivity contribution in [3.8, 4) is 11.5 Å². The monoisotopic (exact) mass is 346 g/mol. The van der Waals surface area contributed by atoms with Crippen LogP contribution in [0.15, 0.2) is 60.7 Å². The van der Waals surface area contributed by atoms with E-state index in [1.54, 1.807) is 6.07 Å². The number of nitrogens with zero attached hydrogens (tertiary/aromatic N) is 1. The van der Waals surface area contributed by atoms with Gasteiger partial charge in [-0.1, -0.05) is 25.1 Å². The van der Waals surface area contributed by atoms with E-state index in [4.69, 9.17) is 4.74 Å². The Kier molecular flexibility index (Phi) is 5.32. The highest BCUT2D eigenvalue weighted by atomic mass is 16.5. The number of hydrogen-bond donors (Lipinski definition) is 1. The smallest absolute Gasteiger partial charge is 0.257 e. The lowest BCUT2D eigenvalue weighted by Gasteiger charge is -2.10. The quantitative estimate of drug-likeness (QED) is 0.681. The van der Waals surface area contributed by atoms with Crippen LogP contribution in [0, 0.1) is 13.8 Å². The molecular weight excluding hydrogens is 324 g/mol. The van der Waals surface area contributed by atoms with Crippen LogP contribution < -0.4 is 10.1 Å². The van der Waals surface area contributed by atoms with E-state index in [0.29, 0.717) is 22.7 Å². The fraction of sp³-hybridized carbons (Fsp3) is 0.182. The molecule has 4 nitrogen and oxygen atoms in total. The fourth-order valence-corrected chi connectivity index (χ4v) is 2.69. The van der Waals surface area contributed by atoms with E-state index in [1.165, 1.54) is 5.56 Å². The van der Waals surface area contributed by atoms with Gasteiger partial charge in [0, 0.05) is 17.4 Å². The van der Waals surface area contributed by atoms with Crippen molar-refractivity contribution < 1.29 is 9.53 Å². The number of nitrogens with one attached hydrogen (secondary N) is 1. The van der Waals surface area contributed by atoms with Gasteiger partial charge in [0.05, 0.1) is 11.3 Å². The van der Waals surface area contributed by atoms with Gasteiger partial charge < -0.3 is 10.1 Å². The minimum absolute atomic E-state index is 0.181. The van der Waals surface area contributed by atoms with Crippen LogP contribution in [0.25, 0.3) is 0 Å². The van der Waals surface area contributed by atoms with E-state index < -0.39 is 0 Å². The van der Waals surface area contributed by atoms with Gasteiger partial charge in [-0.25, -0.2) is 0 Å². The molecule has 0 spiro atoms. The van der Waals surface area contributed by atoms with Crippen LogP contribution in [0.4, 0.5) is 5.69 Å². The third kappa shape index (κ3) is 4.28. The summed E-state index contributed by atoms with van der Waals surface area (Å²) < 4.78 is 5.88. The highest BCUT2D eigenvalue weighted by Crippen LogP contribution is 2.25. The van der Waals surface area contributed by atoms with Crippen molar-refractivity contribution in [1.29, 1.82) is 0 Å². The molecule has 0 aliphatic heterocycles. The maximum absolute atomic E-state index is 12.5. The third-order valence-electron chi connectivity index (χ3n) is 4.13. The molecule has 0 atom stereocenters. The standard InChI is InChI=1S/C22H22N2O2/c1-4-17-9-11-19(12-10-17)26-20-7-5-6-18(14-20)24-22(25)21-13-8-15(2)23-16(21)3/h5-14H,4H2,1-3H3,(H,24,25). The molecule has 1 N–H and O–H groups in total. The molecule has 0 fully saturated rings. The Labute approximate surface area is 153 Å². The van der Waals surface area contributed by atoms with Gasteiger partial charge in [-0.15, -0.1) is 0 Å². The molecule has 0 unspecified atom stereocenters. The van der Waals surface area contributed by atoms with Crippen molar-refractivity contribution in [3.05, 3.63) is 83.2 Å². The van der Waals surface area contributed by atoms with Crippen LogP contribution in [-0.2, 0) is 6.42 Å². The molecule has 0 aliphatic carbocycles. The number of rotatable bonds is 5. The summed E-state index contributed by atoms with van der Waals surface area (Å²) in [6.45, 7) is 5.86. The molecule has 2 aromatic carbocycles. The Morgan fingerprint density at radius 3 is 2.46 bits per heavy atom. The molecule has 0 saturated heterocycles. The molecule has 0 aliphatic rings. The molecule has 1 aromatic heterocycles. The number of amides is 1. The normalized spacial score (nSPS) is 10.4. The zero-order valence-corrected chi connectivity index (χ0v) is 15.2. The summed E-state index contributed by atoms with van der Waals surface area (Å²) in [5, 5.41) is 2.90. The molecular formula is C22H22N2O2. The number of carbonyl (C=O) groups excluding carboxylic acids is 1. The van der Waals surface area contributed by atoms with E-state index in [2.05, 4.69) is 17.2 Å². The van der Waals surface area contributed by atoms with E-state index in [9.17, 15) is 4.79 Å². The second-order valence-electron chi connectivity index (χ2n) is 6.17. The maximum atomic E-state index is 12.5. The van der Waals surface area contributed by atoms with Gasteiger partial charge in [-0.2, -0.15) is 0 Å². The molecule has 3 aromatic rings. The summed E-state index contributed by atoms with van der Waals surface area (Å²) in [7, 11) is 0. The minimum atomic E-state index is -0.181. The van der Waals surface area contributed by atoms with Gasteiger partial charge >= 0.3 is 0 Å². The number of benzene rings is 2. The van der Waals surface area contributed by atoms with Crippen molar-refractivity contribution >= 4 is 11.6 Å². The Balaban J connectivity index is 1.73. The van der Waals surface area contributed by atoms with Crippen LogP contribution in [0.1, 0.15) is 34.2 Å². The zero-order valence-electron chi connectivity index (χ0n) is 15.2. The lowest BCUT2D eigenvalue weighted by atomic mass is 10.1. The van der Waals surface area contributed by atoms with Crippen molar-refractivity contribution in [1.82, 2.24) is 4.98 Å². The highest BCUT2D eigenvalue weighted by molar-refractivity contribution is 6.05. The molecule has 26 heavy (non-hydrogen) atoms. The Hall–Kier alpha value is -3.14. The van der Waals surface area contributed by atoms with Crippen molar-refractivity contribution in [2.24, 2.45) is 0 Å². The van der Waals surface area contributed by atoms with Crippen molar-refractivity contribution in [3.63, 3.8) is 0 Å². The highest BCUT2D eigenvalue weighted by Gasteiger charge is 2.11. The lowest BCUT2D eigenvalue weighted by molar-refractivity contribution is 0.102. The number of pyridine rings is 1. The SMILES string of the molecule is CCc1ccc(Oc2cccc(NC(=O)c3ccc(C)nc3C)c2)cc1. The average molecular weight is 346 g/mol. The molecule has 0 saturated carbocycles. The second kappa shape index (κ2) is 7.83. The van der Waals surface area contributed by atoms with Crippen LogP contribution in [0.2, 0.25) is 0 Å². The summed E-state index contributed by atoms with van der Waals surface area (Å²) in [5.41, 5.74) is 4.12. The first kappa shape index (κ1) is 17.7. The van der Waals surface area contributed by atoms with Crippen LogP contribution in [0.3, 0.4) is 0 Å². The van der Waals surface area contributed by atoms with E-state index in [0.717, 1.165) is 17.9 Å². The molecule has 1 amide bonds. The number of anilines is 1. The predicted octanol–water partition coefficient (Wildman–Crippen LogP) is 5.31. The summed E-state index contributed by atoms with van der Waals surface area (Å²) >= 11 is 0. The maximum Gasteiger partial charge on any atom is 0.257 e. The van der Waals surface area contributed by atoms with Crippen LogP contribution >= 0.6 is 0 Å². The minimum Gasteiger partial charge on any atom is -0.457 e. The number of ether oxygens (including phenoxy) is 1. The molecule has 1 heterocycles. The van der Waals surface area contributed by atoms with Gasteiger partial charge in [0.2, 0.25) is 0 Å². The predicted molar refractivity (Wildman–Crippen MR) is 104 cm³/mol. The van der Waals surface area contributed by atoms with E-state index in [1.807, 2.05) is 68.4 Å². The van der Waals surface area contributed by atoms with Gasteiger partial charge in [0.1, 0.15) is 11.5 Å². The molecule has 132 valence electrons. The summed E-state index contributed by atoms with van der Waals surface area (Å²) in [4.78, 5) is 16.8. The first-order chi connectivity index (χ1) is 12.5. The average Bonchev–Trinajstić information content (AvgIpc) is 2.62. The summed E-state index contributed by atoms with van der Waals surface area (Å²) in [6, 6.07) is 19.0. The first-order valence-corrected chi connectivity index (χ1v) is 8.67. The van der Waals surface area contributed by atoms with E-state index >= 15 is 0 Å². The number of aromatic nitrogens is 1. The Morgan fingerprint density at radius 2 is 1.77 bits per heavy atom. The first-order valence-electron chi connectivity index (χ1n) is 8.67. The topological polar surface area (TPSA) is 51.2 Å². The van der Waals surface area contributed by atoms with Crippen LogP contribution in [0.5, 0.6) is 11.5 Å². The Morgan fingerprint density at radius 1 is 1.00 bits per heavy atom. The zero-order chi connectivity index (χ0) is 18.5. The van der Waals surface area contributed by atoms with E-state index in [-0.39, 0.29) is 5.91 Å². The van der Waals surface area contributed by atoms with Crippen LogP contribution in [-0.4, -0.2) is 10.9 Å². The van der Waals surface area contributed by atoms with Gasteiger partial charge in [-0.05, 0) is 62.2 Å². The van der Waals surface area contributed by atoms with Gasteiger partial charge in [0.15, 0.2) is 0 Å². The number of carbonyl (C=O) groups is 1. The largest absolute Gasteiger partial charge is 0.457 e. The fourth-order valence-electron chi connectivity index (χ4n) is 2.69. The summed E-state index contributed by atoms with van der Waals surface area (Å²) in [5.74, 6) is 1.26. The van der Waals surface area contributed by atoms with Gasteiger partial charge in [-0.3, -0.25) is 9.78 Å². The van der Waals surface area contributed by atoms with Crippen molar-refractivity contribution in [2.75, 3.05) is 5.32 Å². The molecule has 4 heteroatoms. The number of hydrogen-bond acceptors (Lipinski definition) is 3. The molecule has 0 bridgehead atoms. The van der Waals surface area contributed by atoms with Gasteiger partial charge in [0.25, 0.3) is 5.91 Å². The number of aryl methyl sites for hydroxylation is 3. The molecule has 0 radical (unpaired) electrons. The summed E-state index contributed by atoms with van der Waals surface area (Å²) in [6.07, 6.45) is 0.995. The molecule has 3 rings (SSSR count).